The van der Waals surface area contributed by atoms with Gasteiger partial charge in [-0.2, -0.15) is 0 Å². The Morgan fingerprint density at radius 3 is 2.77 bits per heavy atom. The molecule has 1 atom stereocenters. The SMILES string of the molecule is C=C\C=C(/C=C\C=C(/C)CC)C1=CC(C=C2CCC2)CC=C1. The molecule has 0 spiro atoms. The van der Waals surface area contributed by atoms with Gasteiger partial charge in [-0.25, -0.2) is 0 Å². The smallest absolute Gasteiger partial charge is 0.000697 e. The lowest BCUT2D eigenvalue weighted by molar-refractivity contribution is 0.642. The maximum atomic E-state index is 3.86. The van der Waals surface area contributed by atoms with Crippen LogP contribution in [0.5, 0.6) is 0 Å². The Bertz CT molecular complexity index is 567. The molecule has 0 amide bonds. The van der Waals surface area contributed by atoms with Crippen molar-refractivity contribution < 1.29 is 0 Å². The van der Waals surface area contributed by atoms with E-state index in [4.69, 9.17) is 0 Å². The van der Waals surface area contributed by atoms with Crippen LogP contribution < -0.4 is 0 Å². The van der Waals surface area contributed by atoms with E-state index in [9.17, 15) is 0 Å². The van der Waals surface area contributed by atoms with Crippen LogP contribution in [0.2, 0.25) is 0 Å². The maximum absolute atomic E-state index is 3.86. The first-order valence-corrected chi connectivity index (χ1v) is 8.47. The first kappa shape index (κ1) is 16.5. The quantitative estimate of drug-likeness (QED) is 0.381. The largest absolute Gasteiger partial charge is 0.0990 e. The molecule has 0 bridgehead atoms. The predicted octanol–water partition coefficient (Wildman–Crippen LogP) is 6.62. The van der Waals surface area contributed by atoms with Gasteiger partial charge in [0.2, 0.25) is 0 Å². The molecule has 1 fully saturated rings. The fourth-order valence-electron chi connectivity index (χ4n) is 2.67. The Kier molecular flexibility index (Phi) is 6.45. The Balaban J connectivity index is 2.14. The lowest BCUT2D eigenvalue weighted by Crippen LogP contribution is -2.04. The van der Waals surface area contributed by atoms with Crippen LogP contribution in [0.4, 0.5) is 0 Å². The molecule has 0 aromatic heterocycles. The monoisotopic (exact) mass is 292 g/mol. The van der Waals surface area contributed by atoms with Crippen LogP contribution in [0.25, 0.3) is 0 Å². The fourth-order valence-corrected chi connectivity index (χ4v) is 2.67. The third kappa shape index (κ3) is 4.87. The molecule has 0 heteroatoms. The van der Waals surface area contributed by atoms with Crippen molar-refractivity contribution in [3.63, 3.8) is 0 Å². The minimum atomic E-state index is 0.560. The van der Waals surface area contributed by atoms with Gasteiger partial charge >= 0.3 is 0 Å². The summed E-state index contributed by atoms with van der Waals surface area (Å²) < 4.78 is 0. The number of hydrogen-bond donors (Lipinski definition) is 0. The first-order valence-electron chi connectivity index (χ1n) is 8.47. The average molecular weight is 292 g/mol. The van der Waals surface area contributed by atoms with Crippen LogP contribution in [0.1, 0.15) is 46.0 Å². The van der Waals surface area contributed by atoms with Crippen molar-refractivity contribution >= 4 is 0 Å². The third-order valence-electron chi connectivity index (χ3n) is 4.39. The summed E-state index contributed by atoms with van der Waals surface area (Å²) >= 11 is 0. The molecule has 1 saturated carbocycles. The standard InChI is InChI=1S/C22H28/c1-4-9-21(14-6-10-18(3)5-2)22-15-8-13-20(17-22)16-19-11-7-12-19/h4,6,8-10,14-17,20H,1,5,7,11-13H2,2-3H3/b14-6-,18-10+,21-9+. The van der Waals surface area contributed by atoms with Gasteiger partial charge in [-0.3, -0.25) is 0 Å². The summed E-state index contributed by atoms with van der Waals surface area (Å²) in [4.78, 5) is 0. The van der Waals surface area contributed by atoms with Crippen molar-refractivity contribution in [2.45, 2.75) is 46.0 Å². The molecule has 0 saturated heterocycles. The summed E-state index contributed by atoms with van der Waals surface area (Å²) in [7, 11) is 0. The number of rotatable bonds is 6. The molecule has 0 nitrogen and oxygen atoms in total. The maximum Gasteiger partial charge on any atom is -0.000697 e. The first-order chi connectivity index (χ1) is 10.7. The fraction of sp³-hybridized carbons (Fsp3) is 0.364. The topological polar surface area (TPSA) is 0 Å². The molecule has 2 rings (SSSR count). The van der Waals surface area contributed by atoms with Gasteiger partial charge in [-0.15, -0.1) is 0 Å². The molecule has 0 aliphatic heterocycles. The van der Waals surface area contributed by atoms with E-state index in [1.807, 2.05) is 6.08 Å². The zero-order valence-corrected chi connectivity index (χ0v) is 14.0. The highest BCUT2D eigenvalue weighted by atomic mass is 14.2. The van der Waals surface area contributed by atoms with Crippen molar-refractivity contribution in [1.82, 2.24) is 0 Å². The molecular formula is C22H28. The van der Waals surface area contributed by atoms with Gasteiger partial charge in [0, 0.05) is 0 Å². The summed E-state index contributed by atoms with van der Waals surface area (Å²) in [6.07, 6.45) is 26.1. The summed E-state index contributed by atoms with van der Waals surface area (Å²) in [5, 5.41) is 0. The molecule has 0 heterocycles. The van der Waals surface area contributed by atoms with E-state index in [-0.39, 0.29) is 0 Å². The van der Waals surface area contributed by atoms with Crippen LogP contribution in [0.3, 0.4) is 0 Å². The van der Waals surface area contributed by atoms with Crippen molar-refractivity contribution in [1.29, 1.82) is 0 Å². The summed E-state index contributed by atoms with van der Waals surface area (Å²) in [5.74, 6) is 0.560. The van der Waals surface area contributed by atoms with Crippen LogP contribution in [0.15, 0.2) is 83.6 Å². The molecule has 2 aliphatic carbocycles. The molecule has 116 valence electrons. The van der Waals surface area contributed by atoms with E-state index in [0.717, 1.165) is 12.8 Å². The van der Waals surface area contributed by atoms with Crippen LogP contribution in [-0.2, 0) is 0 Å². The number of allylic oxidation sites excluding steroid dienone is 13. The zero-order chi connectivity index (χ0) is 15.8. The van der Waals surface area contributed by atoms with E-state index in [1.165, 1.54) is 36.0 Å². The van der Waals surface area contributed by atoms with Gasteiger partial charge in [0.25, 0.3) is 0 Å². The lowest BCUT2D eigenvalue weighted by Gasteiger charge is -2.20. The van der Waals surface area contributed by atoms with Gasteiger partial charge in [-0.05, 0) is 56.1 Å². The summed E-state index contributed by atoms with van der Waals surface area (Å²) in [6, 6.07) is 0. The second kappa shape index (κ2) is 8.58. The van der Waals surface area contributed by atoms with Gasteiger partial charge < -0.3 is 0 Å². The molecule has 0 aromatic rings. The molecular weight excluding hydrogens is 264 g/mol. The zero-order valence-electron chi connectivity index (χ0n) is 14.0. The second-order valence-electron chi connectivity index (χ2n) is 6.19. The van der Waals surface area contributed by atoms with E-state index >= 15 is 0 Å². The Labute approximate surface area is 136 Å². The minimum absolute atomic E-state index is 0.560. The molecule has 2 aliphatic rings. The van der Waals surface area contributed by atoms with E-state index in [0.29, 0.717) is 5.92 Å². The summed E-state index contributed by atoms with van der Waals surface area (Å²) in [6.45, 7) is 8.21. The Morgan fingerprint density at radius 1 is 1.32 bits per heavy atom. The van der Waals surface area contributed by atoms with Crippen molar-refractivity contribution in [2.24, 2.45) is 5.92 Å². The Morgan fingerprint density at radius 2 is 2.14 bits per heavy atom. The normalized spacial score (nSPS) is 22.5. The minimum Gasteiger partial charge on any atom is -0.0990 e. The molecule has 0 N–H and O–H groups in total. The van der Waals surface area contributed by atoms with Crippen LogP contribution >= 0.6 is 0 Å². The van der Waals surface area contributed by atoms with Crippen LogP contribution in [0, 0.1) is 5.92 Å². The van der Waals surface area contributed by atoms with Gasteiger partial charge in [0.1, 0.15) is 0 Å². The van der Waals surface area contributed by atoms with Crippen LogP contribution in [-0.4, -0.2) is 0 Å². The third-order valence-corrected chi connectivity index (χ3v) is 4.39. The van der Waals surface area contributed by atoms with Gasteiger partial charge in [0.05, 0.1) is 0 Å². The van der Waals surface area contributed by atoms with Crippen molar-refractivity contribution in [3.05, 3.63) is 83.6 Å². The molecule has 22 heavy (non-hydrogen) atoms. The molecule has 1 unspecified atom stereocenters. The highest BCUT2D eigenvalue weighted by Crippen LogP contribution is 2.30. The second-order valence-corrected chi connectivity index (χ2v) is 6.19. The van der Waals surface area contributed by atoms with E-state index in [1.54, 1.807) is 5.57 Å². The van der Waals surface area contributed by atoms with Gasteiger partial charge in [-0.1, -0.05) is 79.3 Å². The molecule has 0 aromatic carbocycles. The van der Waals surface area contributed by atoms with E-state index in [2.05, 4.69) is 69.0 Å². The van der Waals surface area contributed by atoms with Crippen molar-refractivity contribution in [2.75, 3.05) is 0 Å². The average Bonchev–Trinajstić information content (AvgIpc) is 2.50. The highest BCUT2D eigenvalue weighted by Gasteiger charge is 2.13. The van der Waals surface area contributed by atoms with Gasteiger partial charge in [0.15, 0.2) is 0 Å². The Hall–Kier alpha value is -1.82. The van der Waals surface area contributed by atoms with E-state index < -0.39 is 0 Å². The summed E-state index contributed by atoms with van der Waals surface area (Å²) in [5.41, 5.74) is 5.59. The number of hydrogen-bond acceptors (Lipinski definition) is 0. The lowest BCUT2D eigenvalue weighted by atomic mass is 9.85. The highest BCUT2D eigenvalue weighted by molar-refractivity contribution is 5.50. The molecule has 0 radical (unpaired) electrons. The predicted molar refractivity (Wildman–Crippen MR) is 98.7 cm³/mol. The van der Waals surface area contributed by atoms with Crippen molar-refractivity contribution in [3.8, 4) is 0 Å².